The van der Waals surface area contributed by atoms with Crippen LogP contribution in [0.2, 0.25) is 0 Å². The van der Waals surface area contributed by atoms with Crippen molar-refractivity contribution in [3.05, 3.63) is 54.6 Å². The van der Waals surface area contributed by atoms with Crippen LogP contribution in [0.4, 0.5) is 17.1 Å². The molecule has 1 N–H and O–H groups in total. The molecule has 0 aliphatic carbocycles. The first-order valence-corrected chi connectivity index (χ1v) is 8.22. The number of carbonyl (C=O) groups excluding carboxylic acids is 2. The molecular weight excluding hydrogens is 318 g/mol. The first-order valence-electron chi connectivity index (χ1n) is 8.22. The Morgan fingerprint density at radius 2 is 1.64 bits per heavy atom. The number of rotatable bonds is 3. The first-order chi connectivity index (χ1) is 12.2. The lowest BCUT2D eigenvalue weighted by molar-refractivity contribution is -0.134. The van der Waals surface area contributed by atoms with Gasteiger partial charge in [-0.1, -0.05) is 30.3 Å². The molecule has 25 heavy (non-hydrogen) atoms. The van der Waals surface area contributed by atoms with Crippen LogP contribution in [-0.4, -0.2) is 45.2 Å². The molecule has 2 aromatic carbocycles. The van der Waals surface area contributed by atoms with Crippen LogP contribution in [0.3, 0.4) is 0 Å². The Bertz CT molecular complexity index is 743. The Morgan fingerprint density at radius 3 is 2.36 bits per heavy atom. The van der Waals surface area contributed by atoms with Crippen LogP contribution in [0.1, 0.15) is 0 Å². The number of morpholine rings is 1. The summed E-state index contributed by atoms with van der Waals surface area (Å²) in [6.45, 7) is 2.81. The molecule has 1 saturated heterocycles. The molecule has 0 bridgehead atoms. The number of nitrogens with one attached hydrogen (secondary N) is 1. The smallest absolute Gasteiger partial charge is 0.316 e. The van der Waals surface area contributed by atoms with Crippen molar-refractivity contribution in [1.29, 1.82) is 0 Å². The van der Waals surface area contributed by atoms with E-state index in [0.717, 1.165) is 18.8 Å². The van der Waals surface area contributed by atoms with Crippen molar-refractivity contribution in [3.8, 4) is 0 Å². The minimum atomic E-state index is -0.660. The number of hydrogen-bond donors (Lipinski definition) is 1. The van der Waals surface area contributed by atoms with E-state index in [4.69, 9.17) is 4.74 Å². The second-order valence-electron chi connectivity index (χ2n) is 5.77. The predicted octanol–water partition coefficient (Wildman–Crippen LogP) is 2.12. The van der Waals surface area contributed by atoms with Gasteiger partial charge in [0.15, 0.2) is 0 Å². The summed E-state index contributed by atoms with van der Waals surface area (Å²) in [5.74, 6) is -1.27. The van der Waals surface area contributed by atoms with Crippen molar-refractivity contribution in [1.82, 2.24) is 0 Å². The van der Waals surface area contributed by atoms with Crippen LogP contribution in [0.5, 0.6) is 0 Å². The van der Waals surface area contributed by atoms with Crippen LogP contribution >= 0.6 is 0 Å². The third-order valence-corrected chi connectivity index (χ3v) is 4.15. The maximum Gasteiger partial charge on any atom is 0.316 e. The minimum Gasteiger partial charge on any atom is -0.378 e. The molecule has 130 valence electrons. The fourth-order valence-corrected chi connectivity index (χ4v) is 2.76. The van der Waals surface area contributed by atoms with Gasteiger partial charge in [-0.2, -0.15) is 0 Å². The number of nitrogens with zero attached hydrogens (tertiary/aromatic N) is 2. The molecular formula is C19H21N3O3. The Balaban J connectivity index is 1.73. The lowest BCUT2D eigenvalue weighted by atomic mass is 10.2. The zero-order valence-electron chi connectivity index (χ0n) is 14.1. The number of amides is 2. The van der Waals surface area contributed by atoms with Crippen LogP contribution in [0, 0.1) is 0 Å². The van der Waals surface area contributed by atoms with E-state index in [1.165, 1.54) is 4.90 Å². The second kappa shape index (κ2) is 7.81. The van der Waals surface area contributed by atoms with Crippen LogP contribution in [0.15, 0.2) is 54.6 Å². The average molecular weight is 339 g/mol. The molecule has 6 nitrogen and oxygen atoms in total. The number of benzene rings is 2. The number of anilines is 3. The van der Waals surface area contributed by atoms with Gasteiger partial charge in [0.25, 0.3) is 0 Å². The highest BCUT2D eigenvalue weighted by Crippen LogP contribution is 2.26. The van der Waals surface area contributed by atoms with Crippen LogP contribution in [0.25, 0.3) is 0 Å². The molecule has 1 aliphatic heterocycles. The predicted molar refractivity (Wildman–Crippen MR) is 98.0 cm³/mol. The Labute approximate surface area is 147 Å². The second-order valence-corrected chi connectivity index (χ2v) is 5.77. The number of hydrogen-bond acceptors (Lipinski definition) is 4. The topological polar surface area (TPSA) is 61.9 Å². The van der Waals surface area contributed by atoms with Crippen molar-refractivity contribution in [2.75, 3.05) is 48.5 Å². The van der Waals surface area contributed by atoms with Crippen molar-refractivity contribution in [3.63, 3.8) is 0 Å². The van der Waals surface area contributed by atoms with E-state index in [0.29, 0.717) is 24.6 Å². The summed E-state index contributed by atoms with van der Waals surface area (Å²) in [5.41, 5.74) is 2.20. The Kier molecular flexibility index (Phi) is 5.30. The van der Waals surface area contributed by atoms with Crippen molar-refractivity contribution in [2.45, 2.75) is 0 Å². The molecule has 3 rings (SSSR count). The quantitative estimate of drug-likeness (QED) is 0.870. The van der Waals surface area contributed by atoms with Gasteiger partial charge in [0.1, 0.15) is 0 Å². The van der Waals surface area contributed by atoms with Gasteiger partial charge in [0.05, 0.1) is 24.6 Å². The van der Waals surface area contributed by atoms with Gasteiger partial charge in [-0.3, -0.25) is 9.59 Å². The number of para-hydroxylation sites is 3. The van der Waals surface area contributed by atoms with E-state index >= 15 is 0 Å². The third kappa shape index (κ3) is 3.97. The molecule has 6 heteroatoms. The van der Waals surface area contributed by atoms with Gasteiger partial charge in [0, 0.05) is 25.8 Å². The summed E-state index contributed by atoms with van der Waals surface area (Å²) in [7, 11) is 1.59. The van der Waals surface area contributed by atoms with E-state index < -0.39 is 11.8 Å². The third-order valence-electron chi connectivity index (χ3n) is 4.15. The summed E-state index contributed by atoms with van der Waals surface area (Å²) in [4.78, 5) is 28.3. The summed E-state index contributed by atoms with van der Waals surface area (Å²) in [6, 6.07) is 16.6. The first kappa shape index (κ1) is 17.0. The van der Waals surface area contributed by atoms with E-state index in [1.807, 2.05) is 36.4 Å². The normalized spacial score (nSPS) is 14.0. The van der Waals surface area contributed by atoms with Crippen LogP contribution in [-0.2, 0) is 14.3 Å². The molecule has 0 unspecified atom stereocenters. The zero-order valence-corrected chi connectivity index (χ0v) is 14.1. The van der Waals surface area contributed by atoms with Crippen molar-refractivity contribution >= 4 is 28.9 Å². The minimum absolute atomic E-state index is 0.608. The highest BCUT2D eigenvalue weighted by Gasteiger charge is 2.22. The highest BCUT2D eigenvalue weighted by molar-refractivity contribution is 6.44. The Hall–Kier alpha value is -2.86. The van der Waals surface area contributed by atoms with Gasteiger partial charge in [-0.25, -0.2) is 0 Å². The molecule has 1 aliphatic rings. The standard InChI is InChI=1S/C19H21N3O3/c1-21(15-7-3-2-4-8-15)19(24)18(23)20-16-9-5-6-10-17(16)22-11-13-25-14-12-22/h2-10H,11-14H2,1H3,(H,20,23). The molecule has 1 heterocycles. The molecule has 0 spiro atoms. The van der Waals surface area contributed by atoms with E-state index in [1.54, 1.807) is 25.2 Å². The molecule has 1 fully saturated rings. The summed E-state index contributed by atoms with van der Waals surface area (Å²) < 4.78 is 5.37. The zero-order chi connectivity index (χ0) is 17.6. The van der Waals surface area contributed by atoms with Crippen molar-refractivity contribution in [2.24, 2.45) is 0 Å². The molecule has 0 atom stereocenters. The maximum absolute atomic E-state index is 12.4. The molecule has 0 aromatic heterocycles. The lowest BCUT2D eigenvalue weighted by Gasteiger charge is -2.30. The van der Waals surface area contributed by atoms with E-state index in [2.05, 4.69) is 10.2 Å². The molecule has 2 aromatic rings. The molecule has 0 saturated carbocycles. The van der Waals surface area contributed by atoms with Gasteiger partial charge in [-0.05, 0) is 24.3 Å². The van der Waals surface area contributed by atoms with Gasteiger partial charge in [0.2, 0.25) is 0 Å². The van der Waals surface area contributed by atoms with Gasteiger partial charge < -0.3 is 19.9 Å². The number of carbonyl (C=O) groups is 2. The number of likely N-dealkylation sites (N-methyl/N-ethyl adjacent to an activating group) is 1. The fourth-order valence-electron chi connectivity index (χ4n) is 2.76. The monoisotopic (exact) mass is 339 g/mol. The van der Waals surface area contributed by atoms with Crippen molar-refractivity contribution < 1.29 is 14.3 Å². The number of ether oxygens (including phenoxy) is 1. The van der Waals surface area contributed by atoms with Crippen LogP contribution < -0.4 is 15.1 Å². The average Bonchev–Trinajstić information content (AvgIpc) is 2.68. The summed E-state index contributed by atoms with van der Waals surface area (Å²) in [5, 5.41) is 2.75. The fraction of sp³-hybridized carbons (Fsp3) is 0.263. The Morgan fingerprint density at radius 1 is 1.00 bits per heavy atom. The van der Waals surface area contributed by atoms with E-state index in [9.17, 15) is 9.59 Å². The van der Waals surface area contributed by atoms with Gasteiger partial charge >= 0.3 is 11.8 Å². The SMILES string of the molecule is CN(C(=O)C(=O)Nc1ccccc1N1CCOCC1)c1ccccc1. The maximum atomic E-state index is 12.4. The highest BCUT2D eigenvalue weighted by atomic mass is 16.5. The van der Waals surface area contributed by atoms with E-state index in [-0.39, 0.29) is 0 Å². The summed E-state index contributed by atoms with van der Waals surface area (Å²) >= 11 is 0. The van der Waals surface area contributed by atoms with Gasteiger partial charge in [-0.15, -0.1) is 0 Å². The molecule has 2 amide bonds. The summed E-state index contributed by atoms with van der Waals surface area (Å²) in [6.07, 6.45) is 0. The largest absolute Gasteiger partial charge is 0.378 e. The molecule has 0 radical (unpaired) electrons. The lowest BCUT2D eigenvalue weighted by Crippen LogP contribution is -2.39.